The lowest BCUT2D eigenvalue weighted by molar-refractivity contribution is 0.0951. The Balaban J connectivity index is 1.93. The van der Waals surface area contributed by atoms with Gasteiger partial charge in [-0.25, -0.2) is 0 Å². The lowest BCUT2D eigenvalue weighted by Crippen LogP contribution is -2.25. The highest BCUT2D eigenvalue weighted by molar-refractivity contribution is 5.97. The minimum absolute atomic E-state index is 0.0583. The summed E-state index contributed by atoms with van der Waals surface area (Å²) in [5, 5.41) is 21.5. The third-order valence-electron chi connectivity index (χ3n) is 2.67. The Hall–Kier alpha value is -2.56. The van der Waals surface area contributed by atoms with Crippen molar-refractivity contribution in [2.24, 2.45) is 0 Å². The van der Waals surface area contributed by atoms with Gasteiger partial charge in [-0.2, -0.15) is 0 Å². The molecule has 1 aromatic carbocycles. The van der Waals surface area contributed by atoms with Crippen LogP contribution in [0.2, 0.25) is 0 Å². The molecular formula is C14H14N2O3. The first-order chi connectivity index (χ1) is 9.16. The Morgan fingerprint density at radius 1 is 1.16 bits per heavy atom. The molecule has 0 aliphatic heterocycles. The average molecular weight is 258 g/mol. The summed E-state index contributed by atoms with van der Waals surface area (Å²) in [6.45, 7) is 0.442. The molecule has 1 heterocycles. The molecule has 0 unspecified atom stereocenters. The van der Waals surface area contributed by atoms with Crippen LogP contribution in [0.3, 0.4) is 0 Å². The lowest BCUT2D eigenvalue weighted by atomic mass is 10.1. The van der Waals surface area contributed by atoms with Crippen LogP contribution in [0.25, 0.3) is 0 Å². The maximum atomic E-state index is 11.8. The molecule has 0 fully saturated rings. The van der Waals surface area contributed by atoms with E-state index in [1.807, 2.05) is 12.1 Å². The fourth-order valence-electron chi connectivity index (χ4n) is 1.67. The number of aromatic hydroxyl groups is 2. The van der Waals surface area contributed by atoms with Gasteiger partial charge < -0.3 is 15.5 Å². The molecule has 5 heteroatoms. The lowest BCUT2D eigenvalue weighted by Gasteiger charge is -2.07. The van der Waals surface area contributed by atoms with E-state index < -0.39 is 5.91 Å². The van der Waals surface area contributed by atoms with Gasteiger partial charge in [0.1, 0.15) is 11.5 Å². The first-order valence-corrected chi connectivity index (χ1v) is 5.86. The van der Waals surface area contributed by atoms with Crippen molar-refractivity contribution < 1.29 is 15.0 Å². The summed E-state index contributed by atoms with van der Waals surface area (Å²) in [4.78, 5) is 15.7. The van der Waals surface area contributed by atoms with Crippen molar-refractivity contribution >= 4 is 5.91 Å². The summed E-state index contributed by atoms with van der Waals surface area (Å²) in [7, 11) is 0. The molecule has 0 radical (unpaired) electrons. The first kappa shape index (κ1) is 12.9. The van der Waals surface area contributed by atoms with Gasteiger partial charge in [0.2, 0.25) is 0 Å². The maximum Gasteiger partial charge on any atom is 0.255 e. The third kappa shape index (κ3) is 3.45. The highest BCUT2D eigenvalue weighted by Crippen LogP contribution is 2.21. The molecule has 5 nitrogen and oxygen atoms in total. The predicted molar refractivity (Wildman–Crippen MR) is 70.0 cm³/mol. The average Bonchev–Trinajstić information content (AvgIpc) is 2.42. The zero-order valence-corrected chi connectivity index (χ0v) is 10.2. The summed E-state index contributed by atoms with van der Waals surface area (Å²) in [6.07, 6.45) is 4.06. The van der Waals surface area contributed by atoms with Gasteiger partial charge in [0.15, 0.2) is 0 Å². The van der Waals surface area contributed by atoms with Gasteiger partial charge >= 0.3 is 0 Å². The van der Waals surface area contributed by atoms with E-state index in [9.17, 15) is 15.0 Å². The van der Waals surface area contributed by atoms with Gasteiger partial charge in [0.05, 0.1) is 5.56 Å². The van der Waals surface area contributed by atoms with Crippen molar-refractivity contribution in [2.75, 3.05) is 6.54 Å². The third-order valence-corrected chi connectivity index (χ3v) is 2.67. The monoisotopic (exact) mass is 258 g/mol. The van der Waals surface area contributed by atoms with E-state index in [4.69, 9.17) is 0 Å². The fourth-order valence-corrected chi connectivity index (χ4v) is 1.67. The number of phenolic OH excluding ortho intramolecular Hbond substituents is 2. The van der Waals surface area contributed by atoms with E-state index in [1.54, 1.807) is 12.4 Å². The number of carbonyl (C=O) groups excluding carboxylic acids is 1. The van der Waals surface area contributed by atoms with Crippen LogP contribution in [-0.4, -0.2) is 27.6 Å². The minimum atomic E-state index is -0.414. The Kier molecular flexibility index (Phi) is 3.97. The largest absolute Gasteiger partial charge is 0.508 e. The number of hydrogen-bond acceptors (Lipinski definition) is 4. The normalized spacial score (nSPS) is 10.1. The number of hydrogen-bond donors (Lipinski definition) is 3. The summed E-state index contributed by atoms with van der Waals surface area (Å²) < 4.78 is 0. The molecule has 0 saturated carbocycles. The fraction of sp³-hybridized carbons (Fsp3) is 0.143. The van der Waals surface area contributed by atoms with Crippen LogP contribution in [0.5, 0.6) is 11.5 Å². The molecule has 3 N–H and O–H groups in total. The van der Waals surface area contributed by atoms with Gasteiger partial charge in [0, 0.05) is 18.9 Å². The molecule has 0 aliphatic rings. The van der Waals surface area contributed by atoms with E-state index in [0.717, 1.165) is 5.56 Å². The first-order valence-electron chi connectivity index (χ1n) is 5.86. The summed E-state index contributed by atoms with van der Waals surface area (Å²) in [5.41, 5.74) is 1.13. The van der Waals surface area contributed by atoms with Crippen LogP contribution in [-0.2, 0) is 6.42 Å². The number of carbonyl (C=O) groups is 1. The van der Waals surface area contributed by atoms with Crippen LogP contribution in [0.1, 0.15) is 15.9 Å². The topological polar surface area (TPSA) is 82.5 Å². The molecule has 2 aromatic rings. The van der Waals surface area contributed by atoms with Crippen molar-refractivity contribution in [3.8, 4) is 11.5 Å². The standard InChI is InChI=1S/C14H14N2O3/c17-11-1-2-13(18)12(9-11)14(19)16-8-5-10-3-6-15-7-4-10/h1-4,6-7,9,17-18H,5,8H2,(H,16,19). The highest BCUT2D eigenvalue weighted by atomic mass is 16.3. The summed E-state index contributed by atoms with van der Waals surface area (Å²) in [5.74, 6) is -0.626. The van der Waals surface area contributed by atoms with E-state index in [-0.39, 0.29) is 17.1 Å². The summed E-state index contributed by atoms with van der Waals surface area (Å²) in [6, 6.07) is 7.59. The van der Waals surface area contributed by atoms with Gasteiger partial charge in [-0.15, -0.1) is 0 Å². The van der Waals surface area contributed by atoms with Crippen molar-refractivity contribution in [2.45, 2.75) is 6.42 Å². The Labute approximate surface area is 110 Å². The van der Waals surface area contributed by atoms with Crippen molar-refractivity contribution in [1.82, 2.24) is 10.3 Å². The Morgan fingerprint density at radius 2 is 1.89 bits per heavy atom. The molecule has 0 atom stereocenters. The van der Waals surface area contributed by atoms with Gasteiger partial charge in [0.25, 0.3) is 5.91 Å². The molecule has 2 rings (SSSR count). The Morgan fingerprint density at radius 3 is 2.63 bits per heavy atom. The number of rotatable bonds is 4. The second-order valence-electron chi connectivity index (χ2n) is 4.06. The van der Waals surface area contributed by atoms with Crippen LogP contribution in [0.4, 0.5) is 0 Å². The molecule has 0 aliphatic carbocycles. The number of aromatic nitrogens is 1. The molecule has 0 spiro atoms. The van der Waals surface area contributed by atoms with Gasteiger partial charge in [-0.3, -0.25) is 9.78 Å². The zero-order valence-electron chi connectivity index (χ0n) is 10.2. The van der Waals surface area contributed by atoms with Gasteiger partial charge in [-0.1, -0.05) is 0 Å². The second-order valence-corrected chi connectivity index (χ2v) is 4.06. The predicted octanol–water partition coefficient (Wildman–Crippen LogP) is 1.47. The SMILES string of the molecule is O=C(NCCc1ccncc1)c1cc(O)ccc1O. The smallest absolute Gasteiger partial charge is 0.255 e. The van der Waals surface area contributed by atoms with Gasteiger partial charge in [-0.05, 0) is 42.3 Å². The second kappa shape index (κ2) is 5.86. The molecule has 0 saturated heterocycles. The molecule has 0 bridgehead atoms. The van der Waals surface area contributed by atoms with E-state index in [1.165, 1.54) is 18.2 Å². The Bertz CT molecular complexity index is 570. The highest BCUT2D eigenvalue weighted by Gasteiger charge is 2.11. The van der Waals surface area contributed by atoms with Crippen LogP contribution in [0.15, 0.2) is 42.7 Å². The number of benzene rings is 1. The zero-order chi connectivity index (χ0) is 13.7. The van der Waals surface area contributed by atoms with Crippen LogP contribution in [0, 0.1) is 0 Å². The molecule has 19 heavy (non-hydrogen) atoms. The molecular weight excluding hydrogens is 244 g/mol. The van der Waals surface area contributed by atoms with Crippen molar-refractivity contribution in [3.63, 3.8) is 0 Å². The van der Waals surface area contributed by atoms with E-state index in [2.05, 4.69) is 10.3 Å². The number of nitrogens with one attached hydrogen (secondary N) is 1. The van der Waals surface area contributed by atoms with Crippen LogP contribution < -0.4 is 5.32 Å². The minimum Gasteiger partial charge on any atom is -0.508 e. The maximum absolute atomic E-state index is 11.8. The van der Waals surface area contributed by atoms with E-state index >= 15 is 0 Å². The van der Waals surface area contributed by atoms with E-state index in [0.29, 0.717) is 13.0 Å². The number of nitrogens with zero attached hydrogens (tertiary/aromatic N) is 1. The van der Waals surface area contributed by atoms with Crippen molar-refractivity contribution in [3.05, 3.63) is 53.9 Å². The van der Waals surface area contributed by atoms with Crippen LogP contribution >= 0.6 is 0 Å². The number of phenols is 2. The number of amides is 1. The van der Waals surface area contributed by atoms with Crippen molar-refractivity contribution in [1.29, 1.82) is 0 Å². The summed E-state index contributed by atoms with van der Waals surface area (Å²) >= 11 is 0. The molecule has 1 aromatic heterocycles. The molecule has 98 valence electrons. The number of pyridine rings is 1. The quantitative estimate of drug-likeness (QED) is 0.725. The molecule has 1 amide bonds.